The number of nitriles is 1. The van der Waals surface area contributed by atoms with Crippen molar-refractivity contribution < 1.29 is 9.90 Å². The molecule has 0 aliphatic rings. The molecule has 0 aliphatic carbocycles. The quantitative estimate of drug-likeness (QED) is 0.891. The maximum atomic E-state index is 10.6. The van der Waals surface area contributed by atoms with Gasteiger partial charge in [0.2, 0.25) is 0 Å². The van der Waals surface area contributed by atoms with Crippen LogP contribution >= 0.6 is 0 Å². The van der Waals surface area contributed by atoms with Crippen LogP contribution in [-0.2, 0) is 4.79 Å². The van der Waals surface area contributed by atoms with E-state index >= 15 is 0 Å². The Balaban J connectivity index is 2.48. The number of anilines is 1. The van der Waals surface area contributed by atoms with Gasteiger partial charge in [0.25, 0.3) is 0 Å². The average molecular weight is 269 g/mol. The van der Waals surface area contributed by atoms with Gasteiger partial charge in [-0.25, -0.2) is 4.98 Å². The zero-order chi connectivity index (χ0) is 14.7. The van der Waals surface area contributed by atoms with E-state index in [0.29, 0.717) is 17.3 Å². The summed E-state index contributed by atoms with van der Waals surface area (Å²) in [6.45, 7) is 3.93. The fourth-order valence-electron chi connectivity index (χ4n) is 1.93. The van der Waals surface area contributed by atoms with Gasteiger partial charge in [0.15, 0.2) is 0 Å². The fourth-order valence-corrected chi connectivity index (χ4v) is 1.93. The summed E-state index contributed by atoms with van der Waals surface area (Å²) < 4.78 is 0. The Hall–Kier alpha value is -2.61. The van der Waals surface area contributed by atoms with Crippen molar-refractivity contribution >= 4 is 22.7 Å². The summed E-state index contributed by atoms with van der Waals surface area (Å²) in [5.41, 5.74) is 2.26. The first-order chi connectivity index (χ1) is 9.51. The normalized spacial score (nSPS) is 10.5. The minimum Gasteiger partial charge on any atom is -0.480 e. The second-order valence-corrected chi connectivity index (χ2v) is 4.85. The van der Waals surface area contributed by atoms with Crippen LogP contribution in [0, 0.1) is 11.3 Å². The van der Waals surface area contributed by atoms with Crippen molar-refractivity contribution in [3.05, 3.63) is 35.4 Å². The molecule has 20 heavy (non-hydrogen) atoms. The van der Waals surface area contributed by atoms with Crippen LogP contribution in [0.5, 0.6) is 0 Å². The summed E-state index contributed by atoms with van der Waals surface area (Å²) in [4.78, 5) is 14.9. The number of aliphatic carboxylic acids is 1. The molecule has 1 aromatic heterocycles. The molecule has 102 valence electrons. The van der Waals surface area contributed by atoms with Gasteiger partial charge >= 0.3 is 5.97 Å². The van der Waals surface area contributed by atoms with Crippen molar-refractivity contribution in [3.8, 4) is 6.07 Å². The molecule has 0 radical (unpaired) electrons. The molecule has 1 heterocycles. The van der Waals surface area contributed by atoms with E-state index in [-0.39, 0.29) is 6.54 Å². The number of carboxylic acid groups (broad SMARTS) is 1. The van der Waals surface area contributed by atoms with Crippen molar-refractivity contribution in [1.82, 2.24) is 4.98 Å². The molecule has 2 N–H and O–H groups in total. The lowest BCUT2D eigenvalue weighted by atomic mass is 10.0. The maximum Gasteiger partial charge on any atom is 0.322 e. The highest BCUT2D eigenvalue weighted by molar-refractivity contribution is 5.84. The number of carboxylic acids is 1. The predicted molar refractivity (Wildman–Crippen MR) is 76.7 cm³/mol. The molecule has 0 saturated heterocycles. The molecule has 2 aromatic rings. The molecule has 0 spiro atoms. The van der Waals surface area contributed by atoms with Crippen LogP contribution in [0.4, 0.5) is 5.82 Å². The Labute approximate surface area is 116 Å². The molecule has 5 nitrogen and oxygen atoms in total. The fraction of sp³-hybridized carbons (Fsp3) is 0.267. The molecule has 0 fully saturated rings. The standard InChI is InChI=1S/C15H15N3O2/c1-9(2)10-3-4-13-11(5-10)6-12(7-16)15(18-13)17-8-14(19)20/h3-6,9H,8H2,1-2H3,(H,17,18)(H,19,20). The van der Waals surface area contributed by atoms with Gasteiger partial charge in [-0.15, -0.1) is 0 Å². The minimum atomic E-state index is -0.994. The summed E-state index contributed by atoms with van der Waals surface area (Å²) in [7, 11) is 0. The van der Waals surface area contributed by atoms with E-state index in [1.54, 1.807) is 6.07 Å². The number of nitrogens with zero attached hydrogens (tertiary/aromatic N) is 2. The van der Waals surface area contributed by atoms with Crippen molar-refractivity contribution in [2.75, 3.05) is 11.9 Å². The van der Waals surface area contributed by atoms with E-state index in [1.165, 1.54) is 5.56 Å². The number of hydrogen-bond donors (Lipinski definition) is 2. The van der Waals surface area contributed by atoms with E-state index in [9.17, 15) is 4.79 Å². The third-order valence-electron chi connectivity index (χ3n) is 3.03. The zero-order valence-corrected chi connectivity index (χ0v) is 11.3. The van der Waals surface area contributed by atoms with Gasteiger partial charge < -0.3 is 10.4 Å². The Kier molecular flexibility index (Phi) is 3.85. The molecular weight excluding hydrogens is 254 g/mol. The van der Waals surface area contributed by atoms with Crippen molar-refractivity contribution in [2.24, 2.45) is 0 Å². The van der Waals surface area contributed by atoms with Gasteiger partial charge in [-0.3, -0.25) is 4.79 Å². The monoisotopic (exact) mass is 269 g/mol. The SMILES string of the molecule is CC(C)c1ccc2nc(NCC(=O)O)c(C#N)cc2c1. The van der Waals surface area contributed by atoms with Crippen molar-refractivity contribution in [3.63, 3.8) is 0 Å². The second-order valence-electron chi connectivity index (χ2n) is 4.85. The minimum absolute atomic E-state index is 0.267. The first kappa shape index (κ1) is 13.8. The number of rotatable bonds is 4. The number of carbonyl (C=O) groups is 1. The average Bonchev–Trinajstić information content (AvgIpc) is 2.43. The Morgan fingerprint density at radius 2 is 2.20 bits per heavy atom. The van der Waals surface area contributed by atoms with Crippen LogP contribution in [-0.4, -0.2) is 22.6 Å². The Morgan fingerprint density at radius 3 is 2.80 bits per heavy atom. The second kappa shape index (κ2) is 5.57. The molecule has 1 aromatic carbocycles. The van der Waals surface area contributed by atoms with E-state index in [4.69, 9.17) is 10.4 Å². The molecular formula is C15H15N3O2. The molecule has 0 atom stereocenters. The van der Waals surface area contributed by atoms with Gasteiger partial charge in [-0.1, -0.05) is 19.9 Å². The molecule has 0 saturated carbocycles. The highest BCUT2D eigenvalue weighted by Crippen LogP contribution is 2.24. The largest absolute Gasteiger partial charge is 0.480 e. The van der Waals surface area contributed by atoms with Crippen LogP contribution in [0.3, 0.4) is 0 Å². The summed E-state index contributed by atoms with van der Waals surface area (Å²) in [5, 5.41) is 21.4. The molecule has 0 bridgehead atoms. The van der Waals surface area contributed by atoms with E-state index in [1.807, 2.05) is 24.3 Å². The van der Waals surface area contributed by atoms with E-state index < -0.39 is 5.97 Å². The van der Waals surface area contributed by atoms with Gasteiger partial charge in [0, 0.05) is 5.39 Å². The molecule has 0 unspecified atom stereocenters. The van der Waals surface area contributed by atoms with E-state index in [0.717, 1.165) is 10.9 Å². The lowest BCUT2D eigenvalue weighted by Crippen LogP contribution is -2.14. The Bertz CT molecular complexity index is 702. The van der Waals surface area contributed by atoms with Crippen molar-refractivity contribution in [2.45, 2.75) is 19.8 Å². The van der Waals surface area contributed by atoms with Gasteiger partial charge in [-0.05, 0) is 29.7 Å². The Morgan fingerprint density at radius 1 is 1.45 bits per heavy atom. The van der Waals surface area contributed by atoms with Crippen LogP contribution in [0.1, 0.15) is 30.9 Å². The first-order valence-corrected chi connectivity index (χ1v) is 6.31. The third-order valence-corrected chi connectivity index (χ3v) is 3.03. The summed E-state index contributed by atoms with van der Waals surface area (Å²) in [5.74, 6) is -0.291. The smallest absolute Gasteiger partial charge is 0.322 e. The number of fused-ring (bicyclic) bond motifs is 1. The van der Waals surface area contributed by atoms with E-state index in [2.05, 4.69) is 24.1 Å². The zero-order valence-electron chi connectivity index (χ0n) is 11.3. The molecule has 2 rings (SSSR count). The number of pyridine rings is 1. The number of benzene rings is 1. The molecule has 0 aliphatic heterocycles. The highest BCUT2D eigenvalue weighted by atomic mass is 16.4. The van der Waals surface area contributed by atoms with Crippen LogP contribution < -0.4 is 5.32 Å². The number of nitrogens with one attached hydrogen (secondary N) is 1. The predicted octanol–water partition coefficient (Wildman–Crippen LogP) is 2.73. The third kappa shape index (κ3) is 2.86. The summed E-state index contributed by atoms with van der Waals surface area (Å²) in [6.07, 6.45) is 0. The number of hydrogen-bond acceptors (Lipinski definition) is 4. The topological polar surface area (TPSA) is 86.0 Å². The van der Waals surface area contributed by atoms with Gasteiger partial charge in [-0.2, -0.15) is 5.26 Å². The summed E-state index contributed by atoms with van der Waals surface area (Å²) in [6, 6.07) is 9.67. The lowest BCUT2D eigenvalue weighted by Gasteiger charge is -2.09. The van der Waals surface area contributed by atoms with Crippen LogP contribution in [0.15, 0.2) is 24.3 Å². The summed E-state index contributed by atoms with van der Waals surface area (Å²) >= 11 is 0. The van der Waals surface area contributed by atoms with Crippen molar-refractivity contribution in [1.29, 1.82) is 5.26 Å². The number of aromatic nitrogens is 1. The first-order valence-electron chi connectivity index (χ1n) is 6.31. The van der Waals surface area contributed by atoms with Gasteiger partial charge in [0.05, 0.1) is 11.1 Å². The highest BCUT2D eigenvalue weighted by Gasteiger charge is 2.09. The van der Waals surface area contributed by atoms with Crippen LogP contribution in [0.2, 0.25) is 0 Å². The van der Waals surface area contributed by atoms with Gasteiger partial charge in [0.1, 0.15) is 18.4 Å². The maximum absolute atomic E-state index is 10.6. The lowest BCUT2D eigenvalue weighted by molar-refractivity contribution is -0.134. The van der Waals surface area contributed by atoms with Crippen LogP contribution in [0.25, 0.3) is 10.9 Å². The molecule has 0 amide bonds. The molecule has 5 heteroatoms.